The zero-order chi connectivity index (χ0) is 9.84. The van der Waals surface area contributed by atoms with E-state index in [9.17, 15) is 4.79 Å². The molecule has 0 amide bonds. The molecular formula is C9H12O4. The molecule has 0 unspecified atom stereocenters. The molecule has 4 heteroatoms. The van der Waals surface area contributed by atoms with E-state index in [2.05, 4.69) is 0 Å². The van der Waals surface area contributed by atoms with Crippen molar-refractivity contribution in [3.05, 3.63) is 28.3 Å². The molecule has 13 heavy (non-hydrogen) atoms. The molecule has 0 saturated heterocycles. The molecule has 0 aromatic carbocycles. The summed E-state index contributed by atoms with van der Waals surface area (Å²) in [5.74, 6) is 0.696. The van der Waals surface area contributed by atoms with E-state index < -0.39 is 5.63 Å². The van der Waals surface area contributed by atoms with E-state index in [0.717, 1.165) is 0 Å². The van der Waals surface area contributed by atoms with Crippen LogP contribution in [0.5, 0.6) is 5.75 Å². The lowest BCUT2D eigenvalue weighted by atomic mass is 10.1. The molecule has 1 atom stereocenters. The van der Waals surface area contributed by atoms with Crippen molar-refractivity contribution in [2.24, 2.45) is 0 Å². The van der Waals surface area contributed by atoms with Gasteiger partial charge in [0, 0.05) is 12.0 Å². The largest absolute Gasteiger partial charge is 0.496 e. The highest BCUT2D eigenvalue weighted by Crippen LogP contribution is 2.17. The predicted molar refractivity (Wildman–Crippen MR) is 47.0 cm³/mol. The first-order chi connectivity index (χ1) is 6.17. The third-order valence-electron chi connectivity index (χ3n) is 1.76. The summed E-state index contributed by atoms with van der Waals surface area (Å²) in [4.78, 5) is 11.0. The van der Waals surface area contributed by atoms with Gasteiger partial charge < -0.3 is 14.3 Å². The Labute approximate surface area is 75.8 Å². The van der Waals surface area contributed by atoms with E-state index in [1.807, 2.05) is 0 Å². The van der Waals surface area contributed by atoms with Gasteiger partial charge in [0.2, 0.25) is 0 Å². The number of hydrogen-bond acceptors (Lipinski definition) is 4. The van der Waals surface area contributed by atoms with Gasteiger partial charge in [-0.05, 0) is 0 Å². The summed E-state index contributed by atoms with van der Waals surface area (Å²) in [6.45, 7) is 1.70. The maximum Gasteiger partial charge on any atom is 0.339 e. The third-order valence-corrected chi connectivity index (χ3v) is 1.76. The summed E-state index contributed by atoms with van der Waals surface area (Å²) < 4.78 is 9.77. The van der Waals surface area contributed by atoms with E-state index in [0.29, 0.717) is 11.5 Å². The van der Waals surface area contributed by atoms with Crippen molar-refractivity contribution < 1.29 is 14.3 Å². The second-order valence-electron chi connectivity index (χ2n) is 2.80. The fourth-order valence-electron chi connectivity index (χ4n) is 0.924. The first-order valence-corrected chi connectivity index (χ1v) is 3.97. The molecule has 0 aliphatic rings. The molecule has 0 aliphatic heterocycles. The summed E-state index contributed by atoms with van der Waals surface area (Å²) in [7, 11) is 1.47. The van der Waals surface area contributed by atoms with Crippen LogP contribution < -0.4 is 10.4 Å². The van der Waals surface area contributed by atoms with Crippen LogP contribution in [0, 0.1) is 0 Å². The first-order valence-electron chi connectivity index (χ1n) is 3.97. The van der Waals surface area contributed by atoms with Gasteiger partial charge in [-0.15, -0.1) is 0 Å². The topological polar surface area (TPSA) is 59.7 Å². The van der Waals surface area contributed by atoms with E-state index >= 15 is 0 Å². The SMILES string of the molecule is COc1cc([C@H](C)CO)oc(=O)c1. The van der Waals surface area contributed by atoms with Crippen molar-refractivity contribution >= 4 is 0 Å². The Morgan fingerprint density at radius 2 is 2.31 bits per heavy atom. The summed E-state index contributed by atoms with van der Waals surface area (Å²) >= 11 is 0. The minimum absolute atomic E-state index is 0.0594. The van der Waals surface area contributed by atoms with Crippen molar-refractivity contribution in [3.8, 4) is 5.75 Å². The van der Waals surface area contributed by atoms with Gasteiger partial charge in [-0.25, -0.2) is 4.79 Å². The number of rotatable bonds is 3. The van der Waals surface area contributed by atoms with Gasteiger partial charge in [0.1, 0.15) is 11.5 Å². The van der Waals surface area contributed by atoms with E-state index in [4.69, 9.17) is 14.3 Å². The summed E-state index contributed by atoms with van der Waals surface area (Å²) in [5.41, 5.74) is -0.463. The van der Waals surface area contributed by atoms with Gasteiger partial charge in [-0.1, -0.05) is 6.92 Å². The van der Waals surface area contributed by atoms with Gasteiger partial charge in [-0.2, -0.15) is 0 Å². The molecule has 0 saturated carbocycles. The molecular weight excluding hydrogens is 172 g/mol. The van der Waals surface area contributed by atoms with Crippen LogP contribution >= 0.6 is 0 Å². The molecule has 1 aromatic heterocycles. The standard InChI is InChI=1S/C9H12O4/c1-6(5-10)8-3-7(12-2)4-9(11)13-8/h3-4,6,10H,5H2,1-2H3/t6-/m1/s1. The average Bonchev–Trinajstić information content (AvgIpc) is 2.15. The molecule has 0 bridgehead atoms. The van der Waals surface area contributed by atoms with E-state index in [-0.39, 0.29) is 12.5 Å². The first kappa shape index (κ1) is 9.80. The Hall–Kier alpha value is -1.29. The van der Waals surface area contributed by atoms with Crippen LogP contribution in [0.25, 0.3) is 0 Å². The van der Waals surface area contributed by atoms with Gasteiger partial charge in [0.15, 0.2) is 0 Å². The number of hydrogen-bond donors (Lipinski definition) is 1. The molecule has 72 valence electrons. The van der Waals surface area contributed by atoms with Crippen LogP contribution in [-0.2, 0) is 0 Å². The third kappa shape index (κ3) is 2.32. The summed E-state index contributed by atoms with van der Waals surface area (Å²) in [5, 5.41) is 8.84. The average molecular weight is 184 g/mol. The number of aliphatic hydroxyl groups is 1. The van der Waals surface area contributed by atoms with Gasteiger partial charge in [0.25, 0.3) is 0 Å². The van der Waals surface area contributed by atoms with Crippen LogP contribution in [0.1, 0.15) is 18.6 Å². The molecule has 0 spiro atoms. The van der Waals surface area contributed by atoms with Gasteiger partial charge >= 0.3 is 5.63 Å². The zero-order valence-electron chi connectivity index (χ0n) is 7.61. The number of aliphatic hydroxyl groups excluding tert-OH is 1. The fraction of sp³-hybridized carbons (Fsp3) is 0.444. The lowest BCUT2D eigenvalue weighted by Gasteiger charge is -2.06. The van der Waals surface area contributed by atoms with Crippen LogP contribution in [0.3, 0.4) is 0 Å². The Morgan fingerprint density at radius 3 is 2.85 bits per heavy atom. The lowest BCUT2D eigenvalue weighted by molar-refractivity contribution is 0.252. The molecule has 1 aromatic rings. The highest BCUT2D eigenvalue weighted by Gasteiger charge is 2.09. The zero-order valence-corrected chi connectivity index (χ0v) is 7.61. The molecule has 0 aliphatic carbocycles. The molecule has 1 rings (SSSR count). The monoisotopic (exact) mass is 184 g/mol. The highest BCUT2D eigenvalue weighted by molar-refractivity contribution is 5.21. The lowest BCUT2D eigenvalue weighted by Crippen LogP contribution is -2.06. The van der Waals surface area contributed by atoms with Crippen LogP contribution in [0.15, 0.2) is 21.3 Å². The van der Waals surface area contributed by atoms with Crippen LogP contribution in [0.2, 0.25) is 0 Å². The normalized spacial score (nSPS) is 12.5. The second-order valence-corrected chi connectivity index (χ2v) is 2.80. The maximum atomic E-state index is 11.0. The highest BCUT2D eigenvalue weighted by atomic mass is 16.5. The molecule has 1 N–H and O–H groups in total. The number of methoxy groups -OCH3 is 1. The summed E-state index contributed by atoms with van der Waals surface area (Å²) in [6, 6.07) is 2.86. The fourth-order valence-corrected chi connectivity index (χ4v) is 0.924. The van der Waals surface area contributed by atoms with Gasteiger partial charge in [-0.3, -0.25) is 0 Å². The quantitative estimate of drug-likeness (QED) is 0.752. The molecule has 0 fully saturated rings. The Balaban J connectivity index is 3.08. The minimum Gasteiger partial charge on any atom is -0.496 e. The molecule has 1 heterocycles. The van der Waals surface area contributed by atoms with Crippen LogP contribution in [0.4, 0.5) is 0 Å². The smallest absolute Gasteiger partial charge is 0.339 e. The maximum absolute atomic E-state index is 11.0. The van der Waals surface area contributed by atoms with E-state index in [1.165, 1.54) is 13.2 Å². The van der Waals surface area contributed by atoms with Crippen molar-refractivity contribution in [1.82, 2.24) is 0 Å². The van der Waals surface area contributed by atoms with Crippen LogP contribution in [-0.4, -0.2) is 18.8 Å². The van der Waals surface area contributed by atoms with E-state index in [1.54, 1.807) is 13.0 Å². The molecule has 0 radical (unpaired) electrons. The Morgan fingerprint density at radius 1 is 1.62 bits per heavy atom. The van der Waals surface area contributed by atoms with Crippen molar-refractivity contribution in [1.29, 1.82) is 0 Å². The minimum atomic E-state index is -0.463. The van der Waals surface area contributed by atoms with Crippen molar-refractivity contribution in [3.63, 3.8) is 0 Å². The Kier molecular flexibility index (Phi) is 3.08. The predicted octanol–water partition coefficient (Wildman–Crippen LogP) is 0.744. The van der Waals surface area contributed by atoms with Gasteiger partial charge in [0.05, 0.1) is 19.8 Å². The Bertz CT molecular complexity index is 329. The molecule has 4 nitrogen and oxygen atoms in total. The van der Waals surface area contributed by atoms with Crippen molar-refractivity contribution in [2.45, 2.75) is 12.8 Å². The van der Waals surface area contributed by atoms with Crippen molar-refractivity contribution in [2.75, 3.05) is 13.7 Å². The number of ether oxygens (including phenoxy) is 1. The summed E-state index contributed by atoms with van der Waals surface area (Å²) in [6.07, 6.45) is 0. The second kappa shape index (κ2) is 4.09.